The lowest BCUT2D eigenvalue weighted by Gasteiger charge is -2.07. The molecule has 0 bridgehead atoms. The Labute approximate surface area is 98.8 Å². The monoisotopic (exact) mass is 247 g/mol. The van der Waals surface area contributed by atoms with Crippen LogP contribution >= 0.6 is 0 Å². The van der Waals surface area contributed by atoms with E-state index in [0.717, 1.165) is 6.54 Å². The Kier molecular flexibility index (Phi) is 6.00. The highest BCUT2D eigenvalue weighted by Crippen LogP contribution is 2.15. The molecule has 0 aliphatic rings. The van der Waals surface area contributed by atoms with Crippen molar-refractivity contribution in [3.8, 4) is 0 Å². The SMILES string of the molecule is CCNCCOCCc1c(F)cc(F)cc1F. The third kappa shape index (κ3) is 4.75. The number of ether oxygens (including phenoxy) is 1. The van der Waals surface area contributed by atoms with Crippen molar-refractivity contribution < 1.29 is 17.9 Å². The van der Waals surface area contributed by atoms with Crippen LogP contribution in [0.25, 0.3) is 0 Å². The van der Waals surface area contributed by atoms with Gasteiger partial charge in [0.25, 0.3) is 0 Å². The maximum absolute atomic E-state index is 13.2. The van der Waals surface area contributed by atoms with E-state index < -0.39 is 17.5 Å². The third-order valence-corrected chi connectivity index (χ3v) is 2.28. The largest absolute Gasteiger partial charge is 0.380 e. The molecule has 0 aliphatic heterocycles. The molecule has 1 rings (SSSR count). The molecule has 0 radical (unpaired) electrons. The van der Waals surface area contributed by atoms with E-state index in [4.69, 9.17) is 4.74 Å². The zero-order valence-electron chi connectivity index (χ0n) is 9.73. The van der Waals surface area contributed by atoms with Gasteiger partial charge in [0.1, 0.15) is 17.5 Å². The highest BCUT2D eigenvalue weighted by Gasteiger charge is 2.10. The highest BCUT2D eigenvalue weighted by atomic mass is 19.1. The number of hydrogen-bond donors (Lipinski definition) is 1. The molecule has 0 saturated carbocycles. The fourth-order valence-corrected chi connectivity index (χ4v) is 1.41. The van der Waals surface area contributed by atoms with Crippen LogP contribution in [0.4, 0.5) is 13.2 Å². The van der Waals surface area contributed by atoms with Gasteiger partial charge in [0.2, 0.25) is 0 Å². The standard InChI is InChI=1S/C12H16F3NO/c1-2-16-4-6-17-5-3-10-11(14)7-9(13)8-12(10)15/h7-8,16H,2-6H2,1H3. The Morgan fingerprint density at radius 2 is 1.76 bits per heavy atom. The van der Waals surface area contributed by atoms with Crippen LogP contribution in [0, 0.1) is 17.5 Å². The molecule has 0 amide bonds. The number of hydrogen-bond acceptors (Lipinski definition) is 2. The second kappa shape index (κ2) is 7.29. The average Bonchev–Trinajstić information content (AvgIpc) is 2.26. The van der Waals surface area contributed by atoms with E-state index in [1.54, 1.807) is 0 Å². The van der Waals surface area contributed by atoms with Gasteiger partial charge in [-0.3, -0.25) is 0 Å². The molecular formula is C12H16F3NO. The first kappa shape index (κ1) is 14.0. The minimum Gasteiger partial charge on any atom is -0.380 e. The quantitative estimate of drug-likeness (QED) is 0.746. The normalized spacial score (nSPS) is 10.8. The fraction of sp³-hybridized carbons (Fsp3) is 0.500. The summed E-state index contributed by atoms with van der Waals surface area (Å²) >= 11 is 0. The smallest absolute Gasteiger partial charge is 0.132 e. The van der Waals surface area contributed by atoms with Crippen LogP contribution in [0.5, 0.6) is 0 Å². The molecule has 0 unspecified atom stereocenters. The molecule has 0 saturated heterocycles. The Morgan fingerprint density at radius 1 is 1.12 bits per heavy atom. The van der Waals surface area contributed by atoms with Crippen molar-refractivity contribution in [2.75, 3.05) is 26.3 Å². The summed E-state index contributed by atoms with van der Waals surface area (Å²) in [4.78, 5) is 0. The molecule has 0 fully saturated rings. The molecule has 0 heterocycles. The summed E-state index contributed by atoms with van der Waals surface area (Å²) in [5.74, 6) is -2.63. The van der Waals surface area contributed by atoms with Crippen molar-refractivity contribution in [1.29, 1.82) is 0 Å². The molecule has 1 aromatic rings. The average molecular weight is 247 g/mol. The molecule has 1 aromatic carbocycles. The summed E-state index contributed by atoms with van der Waals surface area (Å²) < 4.78 is 44.2. The van der Waals surface area contributed by atoms with Gasteiger partial charge in [0, 0.05) is 30.7 Å². The van der Waals surface area contributed by atoms with Crippen LogP contribution in [0.1, 0.15) is 12.5 Å². The molecule has 0 spiro atoms. The third-order valence-electron chi connectivity index (χ3n) is 2.28. The molecule has 17 heavy (non-hydrogen) atoms. The number of nitrogens with one attached hydrogen (secondary N) is 1. The molecule has 96 valence electrons. The lowest BCUT2D eigenvalue weighted by atomic mass is 10.1. The van der Waals surface area contributed by atoms with E-state index in [9.17, 15) is 13.2 Å². The van der Waals surface area contributed by atoms with Crippen LogP contribution in [-0.2, 0) is 11.2 Å². The van der Waals surface area contributed by atoms with Crippen LogP contribution in [-0.4, -0.2) is 26.3 Å². The Balaban J connectivity index is 2.36. The van der Waals surface area contributed by atoms with Gasteiger partial charge in [-0.15, -0.1) is 0 Å². The van der Waals surface area contributed by atoms with Gasteiger partial charge in [-0.05, 0) is 6.54 Å². The summed E-state index contributed by atoms with van der Waals surface area (Å²) in [7, 11) is 0. The Morgan fingerprint density at radius 3 is 2.35 bits per heavy atom. The zero-order valence-corrected chi connectivity index (χ0v) is 9.73. The number of rotatable bonds is 7. The number of benzene rings is 1. The first-order valence-corrected chi connectivity index (χ1v) is 5.57. The van der Waals surface area contributed by atoms with Crippen molar-refractivity contribution in [3.63, 3.8) is 0 Å². The lowest BCUT2D eigenvalue weighted by Crippen LogP contribution is -2.19. The van der Waals surface area contributed by atoms with E-state index in [2.05, 4.69) is 5.32 Å². The number of likely N-dealkylation sites (N-methyl/N-ethyl adjacent to an activating group) is 1. The van der Waals surface area contributed by atoms with Gasteiger partial charge in [-0.2, -0.15) is 0 Å². The molecule has 0 atom stereocenters. The van der Waals surface area contributed by atoms with E-state index >= 15 is 0 Å². The van der Waals surface area contributed by atoms with Gasteiger partial charge >= 0.3 is 0 Å². The predicted molar refractivity (Wildman–Crippen MR) is 59.4 cm³/mol. The summed E-state index contributed by atoms with van der Waals surface area (Å²) in [6, 6.07) is 1.36. The van der Waals surface area contributed by atoms with Crippen molar-refractivity contribution in [2.45, 2.75) is 13.3 Å². The molecular weight excluding hydrogens is 231 g/mol. The van der Waals surface area contributed by atoms with Gasteiger partial charge in [0.05, 0.1) is 13.2 Å². The molecule has 1 N–H and O–H groups in total. The van der Waals surface area contributed by atoms with E-state index in [1.165, 1.54) is 0 Å². The number of halogens is 3. The molecule has 5 heteroatoms. The van der Waals surface area contributed by atoms with Crippen LogP contribution < -0.4 is 5.32 Å². The van der Waals surface area contributed by atoms with Gasteiger partial charge in [-0.25, -0.2) is 13.2 Å². The summed E-state index contributed by atoms with van der Waals surface area (Å²) in [5.41, 5.74) is -0.130. The minimum absolute atomic E-state index is 0.101. The topological polar surface area (TPSA) is 21.3 Å². The van der Waals surface area contributed by atoms with Crippen molar-refractivity contribution in [2.24, 2.45) is 0 Å². The highest BCUT2D eigenvalue weighted by molar-refractivity contribution is 5.20. The zero-order chi connectivity index (χ0) is 12.7. The lowest BCUT2D eigenvalue weighted by molar-refractivity contribution is 0.138. The van der Waals surface area contributed by atoms with Crippen molar-refractivity contribution in [3.05, 3.63) is 35.1 Å². The van der Waals surface area contributed by atoms with E-state index in [0.29, 0.717) is 25.3 Å². The van der Waals surface area contributed by atoms with E-state index in [-0.39, 0.29) is 18.6 Å². The summed E-state index contributed by atoms with van der Waals surface area (Å²) in [6.45, 7) is 4.22. The molecule has 2 nitrogen and oxygen atoms in total. The van der Waals surface area contributed by atoms with Crippen LogP contribution in [0.3, 0.4) is 0 Å². The van der Waals surface area contributed by atoms with Gasteiger partial charge < -0.3 is 10.1 Å². The summed E-state index contributed by atoms with van der Waals surface area (Å²) in [5, 5.41) is 3.05. The first-order chi connectivity index (χ1) is 8.15. The van der Waals surface area contributed by atoms with Gasteiger partial charge in [0.15, 0.2) is 0 Å². The second-order valence-corrected chi connectivity index (χ2v) is 3.56. The first-order valence-electron chi connectivity index (χ1n) is 5.57. The summed E-state index contributed by atoms with van der Waals surface area (Å²) in [6.07, 6.45) is 0.101. The van der Waals surface area contributed by atoms with Crippen LogP contribution in [0.15, 0.2) is 12.1 Å². The maximum atomic E-state index is 13.2. The second-order valence-electron chi connectivity index (χ2n) is 3.56. The molecule has 0 aliphatic carbocycles. The van der Waals surface area contributed by atoms with Crippen molar-refractivity contribution >= 4 is 0 Å². The van der Waals surface area contributed by atoms with Crippen molar-refractivity contribution in [1.82, 2.24) is 5.32 Å². The van der Waals surface area contributed by atoms with Crippen LogP contribution in [0.2, 0.25) is 0 Å². The Bertz CT molecular complexity index is 335. The van der Waals surface area contributed by atoms with E-state index in [1.807, 2.05) is 6.92 Å². The van der Waals surface area contributed by atoms with Gasteiger partial charge in [-0.1, -0.05) is 6.92 Å². The molecule has 0 aromatic heterocycles. The minimum atomic E-state index is -0.906. The predicted octanol–water partition coefficient (Wildman–Crippen LogP) is 2.27. The maximum Gasteiger partial charge on any atom is 0.132 e. The Hall–Kier alpha value is -1.07. The fourth-order valence-electron chi connectivity index (χ4n) is 1.41.